The molecule has 2 N–H and O–H groups in total. The Balaban J connectivity index is 1.94. The fourth-order valence-electron chi connectivity index (χ4n) is 3.21. The van der Waals surface area contributed by atoms with Crippen molar-refractivity contribution in [1.82, 2.24) is 9.97 Å². The van der Waals surface area contributed by atoms with Crippen molar-refractivity contribution in [3.05, 3.63) is 17.6 Å². The van der Waals surface area contributed by atoms with E-state index in [9.17, 15) is 0 Å². The topological polar surface area (TPSA) is 61.0 Å². The number of hydrogen-bond donors (Lipinski definition) is 1. The molecular weight excluding hydrogens is 250 g/mol. The number of ether oxygens (including phenoxy) is 1. The molecule has 2 aliphatic carbocycles. The second kappa shape index (κ2) is 5.32. The molecule has 4 nitrogen and oxygen atoms in total. The van der Waals surface area contributed by atoms with Gasteiger partial charge >= 0.3 is 0 Å². The lowest BCUT2D eigenvalue weighted by Gasteiger charge is -2.38. The molecule has 4 heteroatoms. The molecule has 0 radical (unpaired) electrons. The summed E-state index contributed by atoms with van der Waals surface area (Å²) in [6.07, 6.45) is 6.84. The van der Waals surface area contributed by atoms with Gasteiger partial charge in [-0.1, -0.05) is 6.92 Å². The molecule has 3 rings (SSSR count). The highest BCUT2D eigenvalue weighted by atomic mass is 16.5. The van der Waals surface area contributed by atoms with Crippen LogP contribution in [0, 0.1) is 5.92 Å². The minimum absolute atomic E-state index is 0.305. The average Bonchev–Trinajstić information content (AvgIpc) is 3.26. The third-order valence-electron chi connectivity index (χ3n) is 4.67. The van der Waals surface area contributed by atoms with Crippen molar-refractivity contribution in [2.45, 2.75) is 63.9 Å². The van der Waals surface area contributed by atoms with Gasteiger partial charge in [0, 0.05) is 24.3 Å². The largest absolute Gasteiger partial charge is 0.384 e. The van der Waals surface area contributed by atoms with Gasteiger partial charge in [0.05, 0.1) is 0 Å². The summed E-state index contributed by atoms with van der Waals surface area (Å²) in [5.74, 6) is 2.79. The Bertz CT molecular complexity index is 477. The first-order valence-electron chi connectivity index (χ1n) is 7.92. The molecule has 1 aromatic heterocycles. The fourth-order valence-corrected chi connectivity index (χ4v) is 3.21. The van der Waals surface area contributed by atoms with Crippen LogP contribution in [0.5, 0.6) is 0 Å². The number of anilines is 1. The van der Waals surface area contributed by atoms with Crippen LogP contribution in [0.25, 0.3) is 0 Å². The fraction of sp³-hybridized carbons (Fsp3) is 0.750. The predicted octanol–water partition coefficient (Wildman–Crippen LogP) is 3.38. The van der Waals surface area contributed by atoms with Crippen LogP contribution in [0.3, 0.4) is 0 Å². The molecule has 0 saturated heterocycles. The zero-order valence-electron chi connectivity index (χ0n) is 12.6. The summed E-state index contributed by atoms with van der Waals surface area (Å²) in [4.78, 5) is 9.34. The van der Waals surface area contributed by atoms with Gasteiger partial charge in [-0.25, -0.2) is 9.97 Å². The molecule has 1 heterocycles. The van der Waals surface area contributed by atoms with Gasteiger partial charge in [0.1, 0.15) is 11.4 Å². The second-order valence-electron chi connectivity index (χ2n) is 6.43. The molecule has 1 aromatic rings. The number of rotatable bonds is 4. The molecule has 0 bridgehead atoms. The molecule has 2 fully saturated rings. The molecule has 0 atom stereocenters. The molecule has 20 heavy (non-hydrogen) atoms. The highest BCUT2D eigenvalue weighted by Crippen LogP contribution is 2.44. The van der Waals surface area contributed by atoms with Crippen LogP contribution in [0.1, 0.15) is 69.8 Å². The van der Waals surface area contributed by atoms with Gasteiger partial charge in [-0.05, 0) is 51.4 Å². The Hall–Kier alpha value is -1.16. The molecular formula is C16H25N3O. The van der Waals surface area contributed by atoms with Crippen LogP contribution in [0.4, 0.5) is 5.82 Å². The van der Waals surface area contributed by atoms with Crippen LogP contribution in [-0.4, -0.2) is 16.6 Å². The van der Waals surface area contributed by atoms with Crippen molar-refractivity contribution in [2.24, 2.45) is 5.92 Å². The van der Waals surface area contributed by atoms with E-state index in [-0.39, 0.29) is 5.60 Å². The highest BCUT2D eigenvalue weighted by Gasteiger charge is 2.40. The van der Waals surface area contributed by atoms with Crippen LogP contribution >= 0.6 is 0 Å². The Morgan fingerprint density at radius 2 is 1.95 bits per heavy atom. The third kappa shape index (κ3) is 2.66. The number of aromatic nitrogens is 2. The Kier molecular flexibility index (Phi) is 3.67. The maximum Gasteiger partial charge on any atom is 0.162 e. The lowest BCUT2D eigenvalue weighted by molar-refractivity contribution is -0.0837. The summed E-state index contributed by atoms with van der Waals surface area (Å²) >= 11 is 0. The van der Waals surface area contributed by atoms with E-state index >= 15 is 0 Å². The van der Waals surface area contributed by atoms with Gasteiger partial charge in [-0.15, -0.1) is 0 Å². The lowest BCUT2D eigenvalue weighted by Crippen LogP contribution is -2.36. The molecule has 110 valence electrons. The van der Waals surface area contributed by atoms with Gasteiger partial charge in [0.25, 0.3) is 0 Å². The first-order chi connectivity index (χ1) is 9.63. The SMILES string of the molecule is CCOC1(c2nc(N)cc(C3CC3)n2)CCC(C)CC1. The van der Waals surface area contributed by atoms with E-state index in [4.69, 9.17) is 15.5 Å². The second-order valence-corrected chi connectivity index (χ2v) is 6.43. The summed E-state index contributed by atoms with van der Waals surface area (Å²) in [5.41, 5.74) is 6.82. The predicted molar refractivity (Wildman–Crippen MR) is 79.4 cm³/mol. The molecule has 0 spiro atoms. The minimum Gasteiger partial charge on any atom is -0.384 e. The Labute approximate surface area is 121 Å². The highest BCUT2D eigenvalue weighted by molar-refractivity contribution is 5.34. The van der Waals surface area contributed by atoms with Crippen molar-refractivity contribution in [1.29, 1.82) is 0 Å². The smallest absolute Gasteiger partial charge is 0.162 e. The number of hydrogen-bond acceptors (Lipinski definition) is 4. The zero-order chi connectivity index (χ0) is 14.2. The van der Waals surface area contributed by atoms with Crippen LogP contribution in [0.2, 0.25) is 0 Å². The average molecular weight is 275 g/mol. The van der Waals surface area contributed by atoms with Gasteiger partial charge in [0.15, 0.2) is 5.82 Å². The standard InChI is InChI=1S/C16H25N3O/c1-3-20-16(8-6-11(2)7-9-16)15-18-13(12-4-5-12)10-14(17)19-15/h10-12H,3-9H2,1-2H3,(H2,17,18,19). The van der Waals surface area contributed by atoms with Gasteiger partial charge in [-0.3, -0.25) is 0 Å². The molecule has 0 amide bonds. The maximum atomic E-state index is 6.13. The number of nitrogen functional groups attached to an aromatic ring is 1. The summed E-state index contributed by atoms with van der Waals surface area (Å²) in [6.45, 7) is 5.06. The summed E-state index contributed by atoms with van der Waals surface area (Å²) in [5, 5.41) is 0. The van der Waals surface area contributed by atoms with Crippen molar-refractivity contribution >= 4 is 5.82 Å². The summed E-state index contributed by atoms with van der Waals surface area (Å²) in [7, 11) is 0. The monoisotopic (exact) mass is 275 g/mol. The van der Waals surface area contributed by atoms with Crippen LogP contribution in [0.15, 0.2) is 6.07 Å². The zero-order valence-corrected chi connectivity index (χ0v) is 12.6. The Morgan fingerprint density at radius 3 is 2.55 bits per heavy atom. The maximum absolute atomic E-state index is 6.13. The normalized spacial score (nSPS) is 30.4. The van der Waals surface area contributed by atoms with Crippen molar-refractivity contribution in [3.8, 4) is 0 Å². The van der Waals surface area contributed by atoms with Crippen LogP contribution < -0.4 is 5.73 Å². The van der Waals surface area contributed by atoms with Gasteiger partial charge < -0.3 is 10.5 Å². The minimum atomic E-state index is -0.305. The number of nitrogens with two attached hydrogens (primary N) is 1. The molecule has 0 aromatic carbocycles. The lowest BCUT2D eigenvalue weighted by atomic mass is 9.78. The van der Waals surface area contributed by atoms with Crippen molar-refractivity contribution < 1.29 is 4.74 Å². The van der Waals surface area contributed by atoms with E-state index in [0.29, 0.717) is 18.3 Å². The van der Waals surface area contributed by atoms with Gasteiger partial charge in [-0.2, -0.15) is 0 Å². The molecule has 2 aliphatic rings. The third-order valence-corrected chi connectivity index (χ3v) is 4.67. The van der Waals surface area contributed by atoms with E-state index in [1.165, 1.54) is 25.7 Å². The Morgan fingerprint density at radius 1 is 1.25 bits per heavy atom. The van der Waals surface area contributed by atoms with E-state index in [1.807, 2.05) is 13.0 Å². The number of nitrogens with zero attached hydrogens (tertiary/aromatic N) is 2. The van der Waals surface area contributed by atoms with Gasteiger partial charge in [0.2, 0.25) is 0 Å². The van der Waals surface area contributed by atoms with E-state index in [2.05, 4.69) is 11.9 Å². The summed E-state index contributed by atoms with van der Waals surface area (Å²) in [6, 6.07) is 1.94. The van der Waals surface area contributed by atoms with E-state index in [0.717, 1.165) is 30.3 Å². The van der Waals surface area contributed by atoms with E-state index in [1.54, 1.807) is 0 Å². The van der Waals surface area contributed by atoms with Crippen molar-refractivity contribution in [3.63, 3.8) is 0 Å². The quantitative estimate of drug-likeness (QED) is 0.915. The van der Waals surface area contributed by atoms with Crippen molar-refractivity contribution in [2.75, 3.05) is 12.3 Å². The van der Waals surface area contributed by atoms with Crippen LogP contribution in [-0.2, 0) is 10.3 Å². The first kappa shape index (κ1) is 13.8. The first-order valence-corrected chi connectivity index (χ1v) is 7.92. The summed E-state index contributed by atoms with van der Waals surface area (Å²) < 4.78 is 6.13. The van der Waals surface area contributed by atoms with E-state index < -0.39 is 0 Å². The molecule has 0 aliphatic heterocycles. The molecule has 2 saturated carbocycles. The molecule has 0 unspecified atom stereocenters.